The van der Waals surface area contributed by atoms with Crippen molar-refractivity contribution < 1.29 is 9.53 Å². The van der Waals surface area contributed by atoms with Gasteiger partial charge in [-0.15, -0.1) is 22.7 Å². The van der Waals surface area contributed by atoms with Crippen molar-refractivity contribution >= 4 is 50.3 Å². The summed E-state index contributed by atoms with van der Waals surface area (Å²) in [5.41, 5.74) is 1.40. The third-order valence-corrected chi connectivity index (χ3v) is 7.04. The van der Waals surface area contributed by atoms with Crippen LogP contribution < -0.4 is 10.2 Å². The Morgan fingerprint density at radius 2 is 2.29 bits per heavy atom. The number of ether oxygens (including phenoxy) is 1. The molecule has 0 spiro atoms. The number of anilines is 1. The van der Waals surface area contributed by atoms with Gasteiger partial charge in [0.15, 0.2) is 0 Å². The quantitative estimate of drug-likeness (QED) is 0.595. The molecule has 1 aliphatic heterocycles. The summed E-state index contributed by atoms with van der Waals surface area (Å²) in [6, 6.07) is 6.00. The smallest absolute Gasteiger partial charge is 0.271 e. The standard InChI is InChI=1S/C19H19BrN4O2S2/c1-12-9-24(4-5-26-12)17-3-2-13(7-21-17)8-22-18(25)15-11-28-19(23-15)16-6-14(20)10-27-16/h2-3,6-7,10-12H,4-5,8-9H2,1H3,(H,22,25). The molecule has 0 radical (unpaired) electrons. The number of hydrogen-bond donors (Lipinski definition) is 1. The summed E-state index contributed by atoms with van der Waals surface area (Å²) in [4.78, 5) is 24.7. The van der Waals surface area contributed by atoms with Gasteiger partial charge in [0.1, 0.15) is 16.5 Å². The van der Waals surface area contributed by atoms with Gasteiger partial charge in [0.2, 0.25) is 0 Å². The summed E-state index contributed by atoms with van der Waals surface area (Å²) >= 11 is 6.52. The number of thiophene rings is 1. The molecule has 1 N–H and O–H groups in total. The maximum Gasteiger partial charge on any atom is 0.271 e. The van der Waals surface area contributed by atoms with E-state index in [1.807, 2.05) is 29.8 Å². The Hall–Kier alpha value is -1.81. The predicted octanol–water partition coefficient (Wildman–Crippen LogP) is 4.18. The van der Waals surface area contributed by atoms with Crippen LogP contribution in [0.15, 0.2) is 39.6 Å². The van der Waals surface area contributed by atoms with Crippen molar-refractivity contribution in [2.45, 2.75) is 19.6 Å². The van der Waals surface area contributed by atoms with Crippen LogP contribution >= 0.6 is 38.6 Å². The summed E-state index contributed by atoms with van der Waals surface area (Å²) in [5, 5.41) is 7.57. The molecule has 1 aliphatic rings. The van der Waals surface area contributed by atoms with Gasteiger partial charge in [-0.1, -0.05) is 6.07 Å². The lowest BCUT2D eigenvalue weighted by atomic mass is 10.2. The van der Waals surface area contributed by atoms with E-state index in [1.165, 1.54) is 11.3 Å². The van der Waals surface area contributed by atoms with Gasteiger partial charge in [0, 0.05) is 41.1 Å². The molecule has 4 heterocycles. The highest BCUT2D eigenvalue weighted by atomic mass is 79.9. The van der Waals surface area contributed by atoms with Crippen LogP contribution in [-0.2, 0) is 11.3 Å². The number of pyridine rings is 1. The molecule has 146 valence electrons. The predicted molar refractivity (Wildman–Crippen MR) is 116 cm³/mol. The van der Waals surface area contributed by atoms with Crippen molar-refractivity contribution in [3.05, 3.63) is 50.9 Å². The van der Waals surface area contributed by atoms with Crippen LogP contribution in [-0.4, -0.2) is 41.7 Å². The van der Waals surface area contributed by atoms with Gasteiger partial charge in [-0.2, -0.15) is 0 Å². The van der Waals surface area contributed by atoms with Crippen molar-refractivity contribution in [1.29, 1.82) is 0 Å². The molecule has 0 aromatic carbocycles. The van der Waals surface area contributed by atoms with Crippen molar-refractivity contribution in [3.63, 3.8) is 0 Å². The molecule has 28 heavy (non-hydrogen) atoms. The Balaban J connectivity index is 1.34. The highest BCUT2D eigenvalue weighted by Crippen LogP contribution is 2.32. The normalized spacial score (nSPS) is 16.9. The summed E-state index contributed by atoms with van der Waals surface area (Å²) in [6.45, 7) is 4.90. The molecular formula is C19H19BrN4O2S2. The molecule has 6 nitrogen and oxygen atoms in total. The Labute approximate surface area is 179 Å². The largest absolute Gasteiger partial charge is 0.375 e. The third kappa shape index (κ3) is 4.60. The van der Waals surface area contributed by atoms with Gasteiger partial charge in [0.05, 0.1) is 17.6 Å². The summed E-state index contributed by atoms with van der Waals surface area (Å²) in [7, 11) is 0. The van der Waals surface area contributed by atoms with Gasteiger partial charge < -0.3 is 15.0 Å². The number of carbonyl (C=O) groups excluding carboxylic acids is 1. The van der Waals surface area contributed by atoms with Gasteiger partial charge >= 0.3 is 0 Å². The van der Waals surface area contributed by atoms with E-state index in [2.05, 4.69) is 43.0 Å². The number of carbonyl (C=O) groups is 1. The number of morpholine rings is 1. The number of amides is 1. The van der Waals surface area contributed by atoms with E-state index in [4.69, 9.17) is 4.74 Å². The molecular weight excluding hydrogens is 460 g/mol. The van der Waals surface area contributed by atoms with Crippen molar-refractivity contribution in [2.75, 3.05) is 24.6 Å². The summed E-state index contributed by atoms with van der Waals surface area (Å²) in [5.74, 6) is 0.765. The fraction of sp³-hybridized carbons (Fsp3) is 0.316. The van der Waals surface area contributed by atoms with Crippen LogP contribution in [0.4, 0.5) is 5.82 Å². The zero-order chi connectivity index (χ0) is 19.5. The molecule has 3 aromatic rings. The first-order chi connectivity index (χ1) is 13.6. The van der Waals surface area contributed by atoms with Crippen LogP contribution in [0.5, 0.6) is 0 Å². The fourth-order valence-electron chi connectivity index (χ4n) is 2.92. The SMILES string of the molecule is CC1CN(c2ccc(CNC(=O)c3csc(-c4cc(Br)cs4)n3)cn2)CCO1. The minimum absolute atomic E-state index is 0.177. The number of rotatable bonds is 5. The zero-order valence-electron chi connectivity index (χ0n) is 15.2. The molecule has 1 amide bonds. The van der Waals surface area contributed by atoms with E-state index in [9.17, 15) is 4.79 Å². The first-order valence-corrected chi connectivity index (χ1v) is 11.4. The van der Waals surface area contributed by atoms with Crippen molar-refractivity contribution in [2.24, 2.45) is 0 Å². The molecule has 1 unspecified atom stereocenters. The number of nitrogens with zero attached hydrogens (tertiary/aromatic N) is 3. The highest BCUT2D eigenvalue weighted by molar-refractivity contribution is 9.10. The number of halogens is 1. The monoisotopic (exact) mass is 478 g/mol. The van der Waals surface area contributed by atoms with Gasteiger partial charge in [-0.25, -0.2) is 9.97 Å². The van der Waals surface area contributed by atoms with E-state index >= 15 is 0 Å². The van der Waals surface area contributed by atoms with Gasteiger partial charge in [-0.3, -0.25) is 4.79 Å². The van der Waals surface area contributed by atoms with E-state index in [1.54, 1.807) is 16.7 Å². The van der Waals surface area contributed by atoms with Gasteiger partial charge in [0.25, 0.3) is 5.91 Å². The number of aromatic nitrogens is 2. The maximum atomic E-state index is 12.4. The molecule has 3 aromatic heterocycles. The maximum absolute atomic E-state index is 12.4. The summed E-state index contributed by atoms with van der Waals surface area (Å²) < 4.78 is 6.59. The van der Waals surface area contributed by atoms with Crippen molar-refractivity contribution in [1.82, 2.24) is 15.3 Å². The third-order valence-electron chi connectivity index (χ3n) is 4.34. The molecule has 1 saturated heterocycles. The van der Waals surface area contributed by atoms with Gasteiger partial charge in [-0.05, 0) is 40.5 Å². The minimum Gasteiger partial charge on any atom is -0.375 e. The fourth-order valence-corrected chi connectivity index (χ4v) is 5.23. The first-order valence-electron chi connectivity index (χ1n) is 8.88. The molecule has 1 atom stereocenters. The molecule has 9 heteroatoms. The Morgan fingerprint density at radius 3 is 3.00 bits per heavy atom. The lowest BCUT2D eigenvalue weighted by molar-refractivity contribution is 0.0529. The Bertz CT molecular complexity index is 957. The Morgan fingerprint density at radius 1 is 1.39 bits per heavy atom. The van der Waals surface area contributed by atoms with Crippen LogP contribution in [0, 0.1) is 0 Å². The Kier molecular flexibility index (Phi) is 6.05. The van der Waals surface area contributed by atoms with E-state index < -0.39 is 0 Å². The van der Waals surface area contributed by atoms with Crippen molar-refractivity contribution in [3.8, 4) is 9.88 Å². The topological polar surface area (TPSA) is 67.4 Å². The van der Waals surface area contributed by atoms with Crippen LogP contribution in [0.1, 0.15) is 23.0 Å². The highest BCUT2D eigenvalue weighted by Gasteiger charge is 2.18. The molecule has 0 saturated carbocycles. The van der Waals surface area contributed by atoms with Crippen LogP contribution in [0.3, 0.4) is 0 Å². The average Bonchev–Trinajstić information content (AvgIpc) is 3.36. The average molecular weight is 479 g/mol. The first kappa shape index (κ1) is 19.5. The molecule has 0 bridgehead atoms. The van der Waals surface area contributed by atoms with E-state index in [0.717, 1.165) is 45.4 Å². The molecule has 0 aliphatic carbocycles. The lowest BCUT2D eigenvalue weighted by Gasteiger charge is -2.32. The van der Waals surface area contributed by atoms with Crippen LogP contribution in [0.2, 0.25) is 0 Å². The van der Waals surface area contributed by atoms with E-state index in [-0.39, 0.29) is 12.0 Å². The second kappa shape index (κ2) is 8.69. The summed E-state index contributed by atoms with van der Waals surface area (Å²) in [6.07, 6.45) is 2.03. The lowest BCUT2D eigenvalue weighted by Crippen LogP contribution is -2.41. The second-order valence-corrected chi connectivity index (χ2v) is 9.19. The van der Waals surface area contributed by atoms with E-state index in [0.29, 0.717) is 12.2 Å². The minimum atomic E-state index is -0.177. The number of hydrogen-bond acceptors (Lipinski definition) is 7. The second-order valence-electron chi connectivity index (χ2n) is 6.50. The number of nitrogens with one attached hydrogen (secondary N) is 1. The molecule has 4 rings (SSSR count). The molecule has 1 fully saturated rings. The number of thiazole rings is 1. The van der Waals surface area contributed by atoms with Crippen LogP contribution in [0.25, 0.3) is 9.88 Å². The zero-order valence-corrected chi connectivity index (χ0v) is 18.4.